The molecule has 1 aliphatic heterocycles. The minimum absolute atomic E-state index is 0.0794. The maximum absolute atomic E-state index is 12.4. The Morgan fingerprint density at radius 1 is 1.47 bits per heavy atom. The molecule has 19 heavy (non-hydrogen) atoms. The summed E-state index contributed by atoms with van der Waals surface area (Å²) >= 11 is 3.36. The van der Waals surface area contributed by atoms with Crippen LogP contribution in [0, 0.1) is 6.92 Å². The van der Waals surface area contributed by atoms with Crippen molar-refractivity contribution in [2.75, 3.05) is 18.6 Å². The van der Waals surface area contributed by atoms with Crippen molar-refractivity contribution in [1.29, 1.82) is 0 Å². The standard InChI is InChI=1S/C12H20N2O2S3/c1-9-12(6-11(18-9)7-13-2)19(15,16)14-10-4-3-5-17-8-10/h6,10,13-14H,3-5,7-8H2,1-2H3. The zero-order chi connectivity index (χ0) is 13.9. The summed E-state index contributed by atoms with van der Waals surface area (Å²) < 4.78 is 27.7. The van der Waals surface area contributed by atoms with Gasteiger partial charge in [-0.3, -0.25) is 0 Å². The first-order valence-electron chi connectivity index (χ1n) is 6.37. The summed E-state index contributed by atoms with van der Waals surface area (Å²) in [4.78, 5) is 2.36. The van der Waals surface area contributed by atoms with E-state index in [4.69, 9.17) is 0 Å². The molecule has 1 aromatic rings. The van der Waals surface area contributed by atoms with E-state index in [9.17, 15) is 8.42 Å². The first kappa shape index (κ1) is 15.3. The second kappa shape index (κ2) is 6.58. The van der Waals surface area contributed by atoms with E-state index in [2.05, 4.69) is 10.0 Å². The lowest BCUT2D eigenvalue weighted by Gasteiger charge is -2.22. The highest BCUT2D eigenvalue weighted by Crippen LogP contribution is 2.27. The van der Waals surface area contributed by atoms with Gasteiger partial charge in [-0.05, 0) is 38.6 Å². The van der Waals surface area contributed by atoms with E-state index in [1.54, 1.807) is 17.4 Å². The molecule has 4 nitrogen and oxygen atoms in total. The van der Waals surface area contributed by atoms with Crippen LogP contribution in [0.25, 0.3) is 0 Å². The minimum Gasteiger partial charge on any atom is -0.315 e. The number of hydrogen-bond acceptors (Lipinski definition) is 5. The van der Waals surface area contributed by atoms with Gasteiger partial charge >= 0.3 is 0 Å². The summed E-state index contributed by atoms with van der Waals surface area (Å²) in [6.07, 6.45) is 2.03. The Morgan fingerprint density at radius 3 is 2.89 bits per heavy atom. The Bertz CT molecular complexity index is 519. The van der Waals surface area contributed by atoms with Crippen LogP contribution in [0.3, 0.4) is 0 Å². The summed E-state index contributed by atoms with van der Waals surface area (Å²) in [5.74, 6) is 2.02. The third-order valence-corrected chi connectivity index (χ3v) is 7.09. The van der Waals surface area contributed by atoms with Crippen molar-refractivity contribution in [1.82, 2.24) is 10.0 Å². The molecule has 0 bridgehead atoms. The van der Waals surface area contributed by atoms with Gasteiger partial charge in [0.2, 0.25) is 10.0 Å². The summed E-state index contributed by atoms with van der Waals surface area (Å²) in [6.45, 7) is 2.58. The number of rotatable bonds is 5. The second-order valence-electron chi connectivity index (χ2n) is 4.70. The van der Waals surface area contributed by atoms with Crippen molar-refractivity contribution in [2.24, 2.45) is 0 Å². The average molecular weight is 321 g/mol. The summed E-state index contributed by atoms with van der Waals surface area (Å²) in [5, 5.41) is 3.05. The zero-order valence-electron chi connectivity index (χ0n) is 11.2. The molecular weight excluding hydrogens is 300 g/mol. The Hall–Kier alpha value is -0.0800. The van der Waals surface area contributed by atoms with E-state index in [1.807, 2.05) is 25.7 Å². The van der Waals surface area contributed by atoms with Gasteiger partial charge in [0.15, 0.2) is 0 Å². The van der Waals surface area contributed by atoms with Crippen LogP contribution in [0.5, 0.6) is 0 Å². The monoisotopic (exact) mass is 320 g/mol. The molecule has 0 amide bonds. The van der Waals surface area contributed by atoms with Crippen LogP contribution < -0.4 is 10.0 Å². The molecule has 108 valence electrons. The Labute approximate surface area is 123 Å². The molecule has 2 heterocycles. The van der Waals surface area contributed by atoms with Crippen molar-refractivity contribution >= 4 is 33.1 Å². The fraction of sp³-hybridized carbons (Fsp3) is 0.667. The molecule has 2 N–H and O–H groups in total. The molecule has 1 aromatic heterocycles. The molecule has 1 saturated heterocycles. The number of thioether (sulfide) groups is 1. The molecule has 1 unspecified atom stereocenters. The van der Waals surface area contributed by atoms with Gasteiger partial charge in [0.25, 0.3) is 0 Å². The van der Waals surface area contributed by atoms with Gasteiger partial charge in [-0.2, -0.15) is 11.8 Å². The largest absolute Gasteiger partial charge is 0.315 e. The number of thiophene rings is 1. The van der Waals surface area contributed by atoms with E-state index >= 15 is 0 Å². The highest BCUT2D eigenvalue weighted by Gasteiger charge is 2.24. The lowest BCUT2D eigenvalue weighted by Crippen LogP contribution is -2.38. The van der Waals surface area contributed by atoms with Gasteiger partial charge in [0.1, 0.15) is 0 Å². The van der Waals surface area contributed by atoms with Crippen LogP contribution in [-0.4, -0.2) is 33.0 Å². The number of aryl methyl sites for hydroxylation is 1. The minimum atomic E-state index is -3.37. The predicted molar refractivity (Wildman–Crippen MR) is 82.5 cm³/mol. The third-order valence-electron chi connectivity index (χ3n) is 3.05. The van der Waals surface area contributed by atoms with E-state index in [1.165, 1.54) is 0 Å². The van der Waals surface area contributed by atoms with E-state index in [0.717, 1.165) is 34.1 Å². The van der Waals surface area contributed by atoms with Crippen LogP contribution in [0.4, 0.5) is 0 Å². The molecule has 1 fully saturated rings. The topological polar surface area (TPSA) is 58.2 Å². The zero-order valence-corrected chi connectivity index (χ0v) is 13.7. The summed E-state index contributed by atoms with van der Waals surface area (Å²) in [7, 11) is -1.51. The first-order chi connectivity index (χ1) is 9.03. The van der Waals surface area contributed by atoms with Crippen molar-refractivity contribution in [3.8, 4) is 0 Å². The van der Waals surface area contributed by atoms with Crippen molar-refractivity contribution in [3.05, 3.63) is 15.8 Å². The summed E-state index contributed by atoms with van der Waals surface area (Å²) in [5.41, 5.74) is 0. The van der Waals surface area contributed by atoms with Crippen LogP contribution in [-0.2, 0) is 16.6 Å². The highest BCUT2D eigenvalue weighted by atomic mass is 32.2. The van der Waals surface area contributed by atoms with E-state index in [-0.39, 0.29) is 6.04 Å². The van der Waals surface area contributed by atoms with Gasteiger partial charge in [-0.15, -0.1) is 11.3 Å². The van der Waals surface area contributed by atoms with Crippen molar-refractivity contribution in [3.63, 3.8) is 0 Å². The quantitative estimate of drug-likeness (QED) is 0.871. The molecule has 0 saturated carbocycles. The number of nitrogens with one attached hydrogen (secondary N) is 2. The van der Waals surface area contributed by atoms with E-state index < -0.39 is 10.0 Å². The van der Waals surface area contributed by atoms with Gasteiger partial charge in [-0.25, -0.2) is 13.1 Å². The Morgan fingerprint density at radius 2 is 2.26 bits per heavy atom. The fourth-order valence-corrected chi connectivity index (χ4v) is 6.26. The molecule has 7 heteroatoms. The SMILES string of the molecule is CNCc1cc(S(=O)(=O)NC2CCCSC2)c(C)s1. The molecule has 0 radical (unpaired) electrons. The van der Waals surface area contributed by atoms with Crippen LogP contribution in [0.15, 0.2) is 11.0 Å². The maximum atomic E-state index is 12.4. The molecule has 1 aliphatic rings. The normalized spacial score (nSPS) is 20.6. The van der Waals surface area contributed by atoms with Crippen LogP contribution >= 0.6 is 23.1 Å². The van der Waals surface area contributed by atoms with Crippen molar-refractivity contribution in [2.45, 2.75) is 37.2 Å². The van der Waals surface area contributed by atoms with Crippen molar-refractivity contribution < 1.29 is 8.42 Å². The maximum Gasteiger partial charge on any atom is 0.241 e. The molecule has 2 rings (SSSR count). The van der Waals surface area contributed by atoms with Gasteiger partial charge in [-0.1, -0.05) is 0 Å². The van der Waals surface area contributed by atoms with E-state index in [0.29, 0.717) is 11.4 Å². The van der Waals surface area contributed by atoms with Crippen LogP contribution in [0.1, 0.15) is 22.6 Å². The van der Waals surface area contributed by atoms with Gasteiger partial charge < -0.3 is 5.32 Å². The Kier molecular flexibility index (Phi) is 5.30. The predicted octanol–water partition coefficient (Wildman–Crippen LogP) is 1.95. The first-order valence-corrected chi connectivity index (χ1v) is 9.82. The highest BCUT2D eigenvalue weighted by molar-refractivity contribution is 7.99. The third kappa shape index (κ3) is 3.95. The number of sulfonamides is 1. The van der Waals surface area contributed by atoms with Crippen LogP contribution in [0.2, 0.25) is 0 Å². The molecular formula is C12H20N2O2S3. The lowest BCUT2D eigenvalue weighted by molar-refractivity contribution is 0.543. The summed E-state index contributed by atoms with van der Waals surface area (Å²) in [6, 6.07) is 1.87. The molecule has 0 spiro atoms. The Balaban J connectivity index is 2.14. The van der Waals surface area contributed by atoms with Gasteiger partial charge in [0, 0.05) is 28.1 Å². The molecule has 0 aliphatic carbocycles. The van der Waals surface area contributed by atoms with Gasteiger partial charge in [0.05, 0.1) is 4.90 Å². The lowest BCUT2D eigenvalue weighted by atomic mass is 10.2. The molecule has 0 aromatic carbocycles. The number of hydrogen-bond donors (Lipinski definition) is 2. The second-order valence-corrected chi connectivity index (χ2v) is 8.87. The average Bonchev–Trinajstić information content (AvgIpc) is 2.72. The smallest absolute Gasteiger partial charge is 0.241 e. The fourth-order valence-electron chi connectivity index (χ4n) is 2.17. The molecule has 1 atom stereocenters.